The van der Waals surface area contributed by atoms with Crippen LogP contribution in [0.2, 0.25) is 0 Å². The highest BCUT2D eigenvalue weighted by Crippen LogP contribution is 2.30. The maximum atomic E-state index is 5.80. The van der Waals surface area contributed by atoms with Gasteiger partial charge in [-0.1, -0.05) is 42.0 Å². The Kier molecular flexibility index (Phi) is 4.66. The molecule has 0 aliphatic rings. The zero-order valence-electron chi connectivity index (χ0n) is 10.5. The molecule has 1 nitrogen and oxygen atoms in total. The summed E-state index contributed by atoms with van der Waals surface area (Å²) in [5.74, 6) is 1.56. The minimum atomic E-state index is 0.631. The number of hydrogen-bond donors (Lipinski definition) is 0. The third-order valence-corrected chi connectivity index (χ3v) is 3.02. The molecule has 0 saturated carbocycles. The first-order valence-corrected chi connectivity index (χ1v) is 6.69. The topological polar surface area (TPSA) is 9.23 Å². The van der Waals surface area contributed by atoms with Crippen LogP contribution in [0.3, 0.4) is 0 Å². The molecule has 18 heavy (non-hydrogen) atoms. The summed E-state index contributed by atoms with van der Waals surface area (Å²) in [4.78, 5) is 0. The van der Waals surface area contributed by atoms with Crippen LogP contribution in [0.25, 0.3) is 11.1 Å². The highest BCUT2D eigenvalue weighted by atomic mass is 35.5. The summed E-state index contributed by atoms with van der Waals surface area (Å²) >= 11 is 5.67. The molecule has 2 aromatic carbocycles. The normalized spacial score (nSPS) is 10.3. The van der Waals surface area contributed by atoms with Gasteiger partial charge in [-0.2, -0.15) is 0 Å². The zero-order chi connectivity index (χ0) is 12.8. The van der Waals surface area contributed by atoms with E-state index < -0.39 is 0 Å². The quantitative estimate of drug-likeness (QED) is 0.561. The van der Waals surface area contributed by atoms with E-state index in [1.165, 1.54) is 11.1 Å². The maximum absolute atomic E-state index is 5.80. The molecular weight excluding hydrogens is 244 g/mol. The molecule has 0 aliphatic carbocycles. The van der Waals surface area contributed by atoms with Crippen LogP contribution in [-0.2, 0) is 0 Å². The van der Waals surface area contributed by atoms with Gasteiger partial charge in [0.15, 0.2) is 0 Å². The first kappa shape index (κ1) is 13.0. The molecule has 0 amide bonds. The van der Waals surface area contributed by atoms with Gasteiger partial charge in [0.25, 0.3) is 0 Å². The predicted molar refractivity (Wildman–Crippen MR) is 77.4 cm³/mol. The monoisotopic (exact) mass is 260 g/mol. The SMILES string of the molecule is Cc1ccc(OCCCCl)c(-c2ccccc2)c1. The summed E-state index contributed by atoms with van der Waals surface area (Å²) in [7, 11) is 0. The van der Waals surface area contributed by atoms with Gasteiger partial charge in [-0.15, -0.1) is 11.6 Å². The van der Waals surface area contributed by atoms with Crippen molar-refractivity contribution in [2.24, 2.45) is 0 Å². The Hall–Kier alpha value is -1.47. The van der Waals surface area contributed by atoms with Gasteiger partial charge in [0.05, 0.1) is 6.61 Å². The van der Waals surface area contributed by atoms with Crippen molar-refractivity contribution in [2.45, 2.75) is 13.3 Å². The number of benzene rings is 2. The van der Waals surface area contributed by atoms with E-state index in [0.717, 1.165) is 17.7 Å². The summed E-state index contributed by atoms with van der Waals surface area (Å²) in [6.45, 7) is 2.75. The molecule has 0 aromatic heterocycles. The van der Waals surface area contributed by atoms with Crippen LogP contribution in [-0.4, -0.2) is 12.5 Å². The molecule has 0 radical (unpaired) electrons. The molecule has 0 atom stereocenters. The van der Waals surface area contributed by atoms with Crippen LogP contribution >= 0.6 is 11.6 Å². The largest absolute Gasteiger partial charge is 0.493 e. The second kappa shape index (κ2) is 6.46. The second-order valence-corrected chi connectivity index (χ2v) is 4.63. The third kappa shape index (κ3) is 3.27. The van der Waals surface area contributed by atoms with E-state index in [2.05, 4.69) is 31.2 Å². The zero-order valence-corrected chi connectivity index (χ0v) is 11.3. The minimum Gasteiger partial charge on any atom is -0.493 e. The van der Waals surface area contributed by atoms with Gasteiger partial charge in [-0.25, -0.2) is 0 Å². The lowest BCUT2D eigenvalue weighted by atomic mass is 10.0. The molecule has 0 bridgehead atoms. The van der Waals surface area contributed by atoms with E-state index in [9.17, 15) is 0 Å². The van der Waals surface area contributed by atoms with Gasteiger partial charge >= 0.3 is 0 Å². The van der Waals surface area contributed by atoms with E-state index in [1.807, 2.05) is 24.3 Å². The molecular formula is C16H17ClO. The van der Waals surface area contributed by atoms with E-state index in [-0.39, 0.29) is 0 Å². The van der Waals surface area contributed by atoms with Crippen LogP contribution in [0.4, 0.5) is 0 Å². The van der Waals surface area contributed by atoms with Crippen molar-refractivity contribution in [1.29, 1.82) is 0 Å². The van der Waals surface area contributed by atoms with Gasteiger partial charge in [0.1, 0.15) is 5.75 Å². The van der Waals surface area contributed by atoms with Crippen LogP contribution in [0.5, 0.6) is 5.75 Å². The standard InChI is InChI=1S/C16H17ClO/c1-13-8-9-16(18-11-5-10-17)15(12-13)14-6-3-2-4-7-14/h2-4,6-9,12H,5,10-11H2,1H3. The summed E-state index contributed by atoms with van der Waals surface area (Å²) in [5.41, 5.74) is 3.56. The number of aryl methyl sites for hydroxylation is 1. The Morgan fingerprint density at radius 3 is 2.56 bits per heavy atom. The van der Waals surface area contributed by atoms with Gasteiger partial charge in [0.2, 0.25) is 0 Å². The molecule has 0 unspecified atom stereocenters. The Balaban J connectivity index is 2.29. The van der Waals surface area contributed by atoms with Crippen LogP contribution < -0.4 is 4.74 Å². The average molecular weight is 261 g/mol. The van der Waals surface area contributed by atoms with Crippen molar-refractivity contribution in [3.8, 4) is 16.9 Å². The van der Waals surface area contributed by atoms with Crippen molar-refractivity contribution in [1.82, 2.24) is 0 Å². The van der Waals surface area contributed by atoms with Crippen LogP contribution in [0.15, 0.2) is 48.5 Å². The molecule has 2 rings (SSSR count). The number of ether oxygens (including phenoxy) is 1. The molecule has 0 fully saturated rings. The van der Waals surface area contributed by atoms with Crippen molar-refractivity contribution < 1.29 is 4.74 Å². The summed E-state index contributed by atoms with van der Waals surface area (Å²) in [5, 5.41) is 0. The lowest BCUT2D eigenvalue weighted by molar-refractivity contribution is 0.319. The van der Waals surface area contributed by atoms with Gasteiger partial charge in [0, 0.05) is 11.4 Å². The molecule has 2 aromatic rings. The summed E-state index contributed by atoms with van der Waals surface area (Å²) in [6, 6.07) is 16.6. The molecule has 0 aliphatic heterocycles. The highest BCUT2D eigenvalue weighted by molar-refractivity contribution is 6.17. The van der Waals surface area contributed by atoms with Crippen molar-refractivity contribution >= 4 is 11.6 Å². The van der Waals surface area contributed by atoms with E-state index in [0.29, 0.717) is 12.5 Å². The van der Waals surface area contributed by atoms with Gasteiger partial charge in [-0.05, 0) is 31.0 Å². The smallest absolute Gasteiger partial charge is 0.127 e. The number of hydrogen-bond acceptors (Lipinski definition) is 1. The fourth-order valence-electron chi connectivity index (χ4n) is 1.85. The predicted octanol–water partition coefficient (Wildman–Crippen LogP) is 4.67. The fraction of sp³-hybridized carbons (Fsp3) is 0.250. The van der Waals surface area contributed by atoms with Gasteiger partial charge in [-0.3, -0.25) is 0 Å². The van der Waals surface area contributed by atoms with Crippen LogP contribution in [0, 0.1) is 6.92 Å². The Morgan fingerprint density at radius 2 is 1.83 bits per heavy atom. The van der Waals surface area contributed by atoms with E-state index in [1.54, 1.807) is 0 Å². The molecule has 2 heteroatoms. The number of rotatable bonds is 5. The Bertz CT molecular complexity index is 494. The van der Waals surface area contributed by atoms with Gasteiger partial charge < -0.3 is 4.74 Å². The van der Waals surface area contributed by atoms with Crippen molar-refractivity contribution in [3.05, 3.63) is 54.1 Å². The lowest BCUT2D eigenvalue weighted by Gasteiger charge is -2.12. The average Bonchev–Trinajstić information content (AvgIpc) is 2.41. The van der Waals surface area contributed by atoms with Crippen LogP contribution in [0.1, 0.15) is 12.0 Å². The highest BCUT2D eigenvalue weighted by Gasteiger charge is 2.06. The van der Waals surface area contributed by atoms with Crippen molar-refractivity contribution in [2.75, 3.05) is 12.5 Å². The number of alkyl halides is 1. The van der Waals surface area contributed by atoms with E-state index in [4.69, 9.17) is 16.3 Å². The molecule has 0 spiro atoms. The molecule has 0 heterocycles. The lowest BCUT2D eigenvalue weighted by Crippen LogP contribution is -1.99. The second-order valence-electron chi connectivity index (χ2n) is 4.26. The molecule has 0 N–H and O–H groups in total. The summed E-state index contributed by atoms with van der Waals surface area (Å²) in [6.07, 6.45) is 0.865. The third-order valence-electron chi connectivity index (χ3n) is 2.76. The molecule has 0 saturated heterocycles. The fourth-order valence-corrected chi connectivity index (χ4v) is 1.96. The first-order chi connectivity index (χ1) is 8.81. The molecule has 94 valence electrons. The van der Waals surface area contributed by atoms with Crippen molar-refractivity contribution in [3.63, 3.8) is 0 Å². The minimum absolute atomic E-state index is 0.631. The number of halogens is 1. The first-order valence-electron chi connectivity index (χ1n) is 6.16. The Labute approximate surface area is 113 Å². The Morgan fingerprint density at radius 1 is 1.06 bits per heavy atom. The maximum Gasteiger partial charge on any atom is 0.127 e. The summed E-state index contributed by atoms with van der Waals surface area (Å²) < 4.78 is 5.80. The van der Waals surface area contributed by atoms with E-state index >= 15 is 0 Å².